The molecule has 1 aromatic heterocycles. The lowest BCUT2D eigenvalue weighted by molar-refractivity contribution is -0.137. The summed E-state index contributed by atoms with van der Waals surface area (Å²) in [5.41, 5.74) is -0.790. The van der Waals surface area contributed by atoms with Gasteiger partial charge in [0.2, 0.25) is 0 Å². The fraction of sp³-hybridized carbons (Fsp3) is 0.538. The van der Waals surface area contributed by atoms with Gasteiger partial charge in [-0.25, -0.2) is 9.78 Å². The third-order valence-corrected chi connectivity index (χ3v) is 2.62. The summed E-state index contributed by atoms with van der Waals surface area (Å²) >= 11 is 0. The third-order valence-electron chi connectivity index (χ3n) is 2.62. The summed E-state index contributed by atoms with van der Waals surface area (Å²) in [6.45, 7) is 3.37. The highest BCUT2D eigenvalue weighted by Crippen LogP contribution is 2.28. The first-order valence-corrected chi connectivity index (χ1v) is 6.72. The van der Waals surface area contributed by atoms with Crippen molar-refractivity contribution < 1.29 is 18.0 Å². The molecule has 0 aliphatic heterocycles. The Balaban J connectivity index is 2.22. The number of urea groups is 1. The highest BCUT2D eigenvalue weighted by Gasteiger charge is 2.30. The Labute approximate surface area is 121 Å². The molecule has 21 heavy (non-hydrogen) atoms. The minimum atomic E-state index is -4.39. The molecular formula is C13H19F3N4O. The molecule has 8 heteroatoms. The third kappa shape index (κ3) is 6.82. The van der Waals surface area contributed by atoms with E-state index in [1.54, 1.807) is 0 Å². The van der Waals surface area contributed by atoms with Crippen molar-refractivity contribution in [3.8, 4) is 0 Å². The molecule has 3 N–H and O–H groups in total. The average molecular weight is 304 g/mol. The SMILES string of the molecule is CCCCNC(=O)NCCNc1ccc(C(F)(F)F)cn1. The Bertz CT molecular complexity index is 434. The van der Waals surface area contributed by atoms with E-state index in [1.165, 1.54) is 6.07 Å². The zero-order valence-electron chi connectivity index (χ0n) is 11.8. The molecule has 2 amide bonds. The molecule has 0 radical (unpaired) electrons. The van der Waals surface area contributed by atoms with Crippen LogP contribution in [0.1, 0.15) is 25.3 Å². The van der Waals surface area contributed by atoms with E-state index in [-0.39, 0.29) is 6.03 Å². The standard InChI is InChI=1S/C13H19F3N4O/c1-2-3-6-18-12(21)19-8-7-17-11-5-4-10(9-20-11)13(14,15)16/h4-5,9H,2-3,6-8H2,1H3,(H,17,20)(H2,18,19,21). The first kappa shape index (κ1) is 17.1. The summed E-state index contributed by atoms with van der Waals surface area (Å²) in [6.07, 6.45) is -1.69. The molecule has 5 nitrogen and oxygen atoms in total. The first-order chi connectivity index (χ1) is 9.93. The van der Waals surface area contributed by atoms with E-state index in [2.05, 4.69) is 20.9 Å². The van der Waals surface area contributed by atoms with Gasteiger partial charge >= 0.3 is 12.2 Å². The van der Waals surface area contributed by atoms with Gasteiger partial charge in [-0.3, -0.25) is 0 Å². The molecular weight excluding hydrogens is 285 g/mol. The van der Waals surface area contributed by atoms with Crippen LogP contribution in [0.25, 0.3) is 0 Å². The Hall–Kier alpha value is -1.99. The van der Waals surface area contributed by atoms with Gasteiger partial charge in [0, 0.05) is 25.8 Å². The molecule has 0 spiro atoms. The normalized spacial score (nSPS) is 11.0. The van der Waals surface area contributed by atoms with Crippen LogP contribution in [-0.2, 0) is 6.18 Å². The molecule has 0 bridgehead atoms. The van der Waals surface area contributed by atoms with Crippen LogP contribution in [0.2, 0.25) is 0 Å². The second kappa shape index (κ2) is 8.33. The maximum atomic E-state index is 12.3. The second-order valence-electron chi connectivity index (χ2n) is 4.39. The minimum Gasteiger partial charge on any atom is -0.368 e. The van der Waals surface area contributed by atoms with Gasteiger partial charge in [0.25, 0.3) is 0 Å². The van der Waals surface area contributed by atoms with Gasteiger partial charge < -0.3 is 16.0 Å². The Kier molecular flexibility index (Phi) is 6.77. The quantitative estimate of drug-likeness (QED) is 0.678. The number of amides is 2. The smallest absolute Gasteiger partial charge is 0.368 e. The lowest BCUT2D eigenvalue weighted by Gasteiger charge is -2.10. The van der Waals surface area contributed by atoms with Crippen LogP contribution >= 0.6 is 0 Å². The molecule has 1 aromatic rings. The molecule has 1 heterocycles. The summed E-state index contributed by atoms with van der Waals surface area (Å²) in [5.74, 6) is 0.330. The van der Waals surface area contributed by atoms with E-state index >= 15 is 0 Å². The van der Waals surface area contributed by atoms with Crippen molar-refractivity contribution >= 4 is 11.8 Å². The predicted molar refractivity (Wildman–Crippen MR) is 74.0 cm³/mol. The number of hydrogen-bond donors (Lipinski definition) is 3. The van der Waals surface area contributed by atoms with Crippen molar-refractivity contribution in [3.05, 3.63) is 23.9 Å². The fourth-order valence-electron chi connectivity index (χ4n) is 1.47. The van der Waals surface area contributed by atoms with Crippen LogP contribution in [0.4, 0.5) is 23.8 Å². The summed E-state index contributed by atoms with van der Waals surface area (Å²) < 4.78 is 37.0. The summed E-state index contributed by atoms with van der Waals surface area (Å²) in [5, 5.41) is 8.14. The molecule has 0 aliphatic rings. The number of carbonyl (C=O) groups is 1. The van der Waals surface area contributed by atoms with Gasteiger partial charge in [0.15, 0.2) is 0 Å². The number of alkyl halides is 3. The zero-order chi connectivity index (χ0) is 15.7. The van der Waals surface area contributed by atoms with Crippen LogP contribution in [-0.4, -0.2) is 30.6 Å². The first-order valence-electron chi connectivity index (χ1n) is 6.72. The molecule has 118 valence electrons. The minimum absolute atomic E-state index is 0.259. The summed E-state index contributed by atoms with van der Waals surface area (Å²) in [6, 6.07) is 1.95. The number of aromatic nitrogens is 1. The van der Waals surface area contributed by atoms with E-state index in [4.69, 9.17) is 0 Å². The highest BCUT2D eigenvalue weighted by atomic mass is 19.4. The van der Waals surface area contributed by atoms with E-state index in [9.17, 15) is 18.0 Å². The Morgan fingerprint density at radius 2 is 1.90 bits per heavy atom. The second-order valence-corrected chi connectivity index (χ2v) is 4.39. The van der Waals surface area contributed by atoms with Crippen molar-refractivity contribution in [2.75, 3.05) is 25.0 Å². The number of carbonyl (C=O) groups excluding carboxylic acids is 1. The van der Waals surface area contributed by atoms with Crippen molar-refractivity contribution in [3.63, 3.8) is 0 Å². The van der Waals surface area contributed by atoms with Gasteiger partial charge in [-0.1, -0.05) is 13.3 Å². The van der Waals surface area contributed by atoms with Crippen LogP contribution < -0.4 is 16.0 Å². The molecule has 0 aromatic carbocycles. The van der Waals surface area contributed by atoms with Crippen molar-refractivity contribution in [2.24, 2.45) is 0 Å². The molecule has 1 rings (SSSR count). The predicted octanol–water partition coefficient (Wildman–Crippen LogP) is 2.61. The lowest BCUT2D eigenvalue weighted by Crippen LogP contribution is -2.38. The molecule has 0 fully saturated rings. The van der Waals surface area contributed by atoms with Crippen LogP contribution in [0.3, 0.4) is 0 Å². The number of pyridine rings is 1. The van der Waals surface area contributed by atoms with Gasteiger partial charge in [-0.05, 0) is 18.6 Å². The number of halogens is 3. The summed E-state index contributed by atoms with van der Waals surface area (Å²) in [4.78, 5) is 15.0. The maximum Gasteiger partial charge on any atom is 0.417 e. The van der Waals surface area contributed by atoms with E-state index < -0.39 is 11.7 Å². The van der Waals surface area contributed by atoms with Crippen LogP contribution in [0.5, 0.6) is 0 Å². The van der Waals surface area contributed by atoms with E-state index in [0.717, 1.165) is 25.1 Å². The topological polar surface area (TPSA) is 66.1 Å². The van der Waals surface area contributed by atoms with E-state index in [0.29, 0.717) is 25.5 Å². The lowest BCUT2D eigenvalue weighted by atomic mass is 10.3. The van der Waals surface area contributed by atoms with Crippen LogP contribution in [0.15, 0.2) is 18.3 Å². The largest absolute Gasteiger partial charge is 0.417 e. The number of rotatable bonds is 7. The summed E-state index contributed by atoms with van der Waals surface area (Å²) in [7, 11) is 0. The van der Waals surface area contributed by atoms with Gasteiger partial charge in [0.05, 0.1) is 5.56 Å². The maximum absolute atomic E-state index is 12.3. The molecule has 0 saturated carbocycles. The number of nitrogens with zero attached hydrogens (tertiary/aromatic N) is 1. The molecule has 0 saturated heterocycles. The van der Waals surface area contributed by atoms with Crippen molar-refractivity contribution in [2.45, 2.75) is 25.9 Å². The van der Waals surface area contributed by atoms with Gasteiger partial charge in [-0.2, -0.15) is 13.2 Å². The molecule has 0 aliphatic carbocycles. The Morgan fingerprint density at radius 3 is 2.48 bits per heavy atom. The number of anilines is 1. The van der Waals surface area contributed by atoms with Gasteiger partial charge in [0.1, 0.15) is 5.82 Å². The monoisotopic (exact) mass is 304 g/mol. The van der Waals surface area contributed by atoms with Crippen molar-refractivity contribution in [1.29, 1.82) is 0 Å². The Morgan fingerprint density at radius 1 is 1.19 bits per heavy atom. The van der Waals surface area contributed by atoms with Crippen LogP contribution in [0, 0.1) is 0 Å². The van der Waals surface area contributed by atoms with E-state index in [1.807, 2.05) is 6.92 Å². The zero-order valence-corrected chi connectivity index (χ0v) is 11.8. The number of nitrogens with one attached hydrogen (secondary N) is 3. The van der Waals surface area contributed by atoms with Gasteiger partial charge in [-0.15, -0.1) is 0 Å². The highest BCUT2D eigenvalue weighted by molar-refractivity contribution is 5.73. The van der Waals surface area contributed by atoms with Crippen molar-refractivity contribution in [1.82, 2.24) is 15.6 Å². The number of unbranched alkanes of at least 4 members (excludes halogenated alkanes) is 1. The average Bonchev–Trinajstić information content (AvgIpc) is 2.43. The fourth-order valence-corrected chi connectivity index (χ4v) is 1.47. The number of hydrogen-bond acceptors (Lipinski definition) is 3. The molecule has 0 unspecified atom stereocenters. The molecule has 0 atom stereocenters.